The van der Waals surface area contributed by atoms with Gasteiger partial charge in [0.25, 0.3) is 0 Å². The lowest BCUT2D eigenvalue weighted by molar-refractivity contribution is 0.122. The summed E-state index contributed by atoms with van der Waals surface area (Å²) in [6, 6.07) is 0. The molecule has 0 amide bonds. The molecule has 0 aromatic carbocycles. The molecule has 0 radical (unpaired) electrons. The van der Waals surface area contributed by atoms with Crippen LogP contribution in [-0.2, 0) is 4.74 Å². The molecule has 1 unspecified atom stereocenters. The minimum atomic E-state index is -0.0434. The fourth-order valence-corrected chi connectivity index (χ4v) is 1.69. The molecule has 0 aromatic rings. The molecule has 1 saturated carbocycles. The second kappa shape index (κ2) is 5.69. The summed E-state index contributed by atoms with van der Waals surface area (Å²) >= 11 is 0. The first-order valence-corrected chi connectivity index (χ1v) is 5.64. The predicted octanol–water partition coefficient (Wildman–Crippen LogP) is 1.13. The number of rotatable bonds is 8. The molecule has 3 nitrogen and oxygen atoms in total. The standard InChI is InChI=1S/C11H24N2O/c1-11(8-12,9-14-2)13-7-3-4-10-5-6-10/h10,13H,3-9,12H2,1-2H3. The first-order chi connectivity index (χ1) is 6.70. The van der Waals surface area contributed by atoms with Crippen LogP contribution in [0.2, 0.25) is 0 Å². The summed E-state index contributed by atoms with van der Waals surface area (Å²) in [5.41, 5.74) is 5.66. The average Bonchev–Trinajstić information content (AvgIpc) is 2.97. The predicted molar refractivity (Wildman–Crippen MR) is 59.3 cm³/mol. The normalized spacial score (nSPS) is 20.8. The van der Waals surface area contributed by atoms with E-state index in [0.717, 1.165) is 12.5 Å². The fraction of sp³-hybridized carbons (Fsp3) is 1.00. The summed E-state index contributed by atoms with van der Waals surface area (Å²) in [5.74, 6) is 1.03. The summed E-state index contributed by atoms with van der Waals surface area (Å²) in [5, 5.41) is 3.48. The van der Waals surface area contributed by atoms with Gasteiger partial charge in [-0.15, -0.1) is 0 Å². The Hall–Kier alpha value is -0.120. The molecular formula is C11H24N2O. The Morgan fingerprint density at radius 3 is 2.71 bits per heavy atom. The van der Waals surface area contributed by atoms with Crippen molar-refractivity contribution in [1.29, 1.82) is 0 Å². The zero-order valence-corrected chi connectivity index (χ0v) is 9.51. The van der Waals surface area contributed by atoms with Gasteiger partial charge in [-0.3, -0.25) is 0 Å². The zero-order chi connectivity index (χ0) is 10.4. The summed E-state index contributed by atoms with van der Waals surface area (Å²) in [6.07, 6.45) is 5.54. The smallest absolute Gasteiger partial charge is 0.0654 e. The van der Waals surface area contributed by atoms with E-state index < -0.39 is 0 Å². The van der Waals surface area contributed by atoms with Crippen LogP contribution >= 0.6 is 0 Å². The van der Waals surface area contributed by atoms with Gasteiger partial charge in [0, 0.05) is 13.7 Å². The Bertz CT molecular complexity index is 159. The lowest BCUT2D eigenvalue weighted by Crippen LogP contribution is -2.52. The molecule has 1 atom stereocenters. The Kier molecular flexibility index (Phi) is 4.85. The largest absolute Gasteiger partial charge is 0.383 e. The molecule has 1 fully saturated rings. The first kappa shape index (κ1) is 12.0. The zero-order valence-electron chi connectivity index (χ0n) is 9.51. The average molecular weight is 200 g/mol. The van der Waals surface area contributed by atoms with Gasteiger partial charge in [0.1, 0.15) is 0 Å². The second-order valence-electron chi connectivity index (χ2n) is 4.71. The third-order valence-corrected chi connectivity index (χ3v) is 2.95. The molecule has 0 aromatic heterocycles. The maximum absolute atomic E-state index is 5.70. The highest BCUT2D eigenvalue weighted by Gasteiger charge is 2.23. The van der Waals surface area contributed by atoms with Gasteiger partial charge < -0.3 is 15.8 Å². The maximum Gasteiger partial charge on any atom is 0.0654 e. The van der Waals surface area contributed by atoms with Crippen molar-refractivity contribution in [3.63, 3.8) is 0 Å². The minimum absolute atomic E-state index is 0.0434. The van der Waals surface area contributed by atoms with Gasteiger partial charge in [-0.2, -0.15) is 0 Å². The lowest BCUT2D eigenvalue weighted by Gasteiger charge is -2.28. The molecule has 1 rings (SSSR count). The van der Waals surface area contributed by atoms with Gasteiger partial charge in [0.2, 0.25) is 0 Å². The molecule has 84 valence electrons. The van der Waals surface area contributed by atoms with Gasteiger partial charge in [-0.25, -0.2) is 0 Å². The van der Waals surface area contributed by atoms with Crippen molar-refractivity contribution in [2.24, 2.45) is 11.7 Å². The van der Waals surface area contributed by atoms with E-state index in [1.807, 2.05) is 0 Å². The monoisotopic (exact) mass is 200 g/mol. The Labute approximate surface area is 87.4 Å². The minimum Gasteiger partial charge on any atom is -0.383 e. The van der Waals surface area contributed by atoms with Crippen molar-refractivity contribution in [3.8, 4) is 0 Å². The third kappa shape index (κ3) is 4.40. The van der Waals surface area contributed by atoms with Crippen molar-refractivity contribution in [1.82, 2.24) is 5.32 Å². The highest BCUT2D eigenvalue weighted by atomic mass is 16.5. The third-order valence-electron chi connectivity index (χ3n) is 2.95. The van der Waals surface area contributed by atoms with E-state index in [1.54, 1.807) is 7.11 Å². The quantitative estimate of drug-likeness (QED) is 0.577. The van der Waals surface area contributed by atoms with Gasteiger partial charge >= 0.3 is 0 Å². The van der Waals surface area contributed by atoms with Crippen molar-refractivity contribution in [3.05, 3.63) is 0 Å². The molecule has 0 saturated heterocycles. The Balaban J connectivity index is 2.05. The van der Waals surface area contributed by atoms with E-state index in [0.29, 0.717) is 13.2 Å². The highest BCUT2D eigenvalue weighted by molar-refractivity contribution is 4.84. The van der Waals surface area contributed by atoms with Crippen LogP contribution in [0.15, 0.2) is 0 Å². The first-order valence-electron chi connectivity index (χ1n) is 5.64. The van der Waals surface area contributed by atoms with E-state index in [2.05, 4.69) is 12.2 Å². The molecule has 0 bridgehead atoms. The van der Waals surface area contributed by atoms with Gasteiger partial charge in [-0.05, 0) is 32.2 Å². The van der Waals surface area contributed by atoms with E-state index in [9.17, 15) is 0 Å². The number of hydrogen-bond acceptors (Lipinski definition) is 3. The molecule has 0 aliphatic heterocycles. The van der Waals surface area contributed by atoms with Crippen molar-refractivity contribution in [2.45, 2.75) is 38.1 Å². The molecule has 3 heteroatoms. The summed E-state index contributed by atoms with van der Waals surface area (Å²) in [6.45, 7) is 4.50. The lowest BCUT2D eigenvalue weighted by atomic mass is 10.0. The topological polar surface area (TPSA) is 47.3 Å². The fourth-order valence-electron chi connectivity index (χ4n) is 1.69. The van der Waals surface area contributed by atoms with Crippen LogP contribution in [0.5, 0.6) is 0 Å². The van der Waals surface area contributed by atoms with Gasteiger partial charge in [-0.1, -0.05) is 12.8 Å². The molecule has 1 aliphatic rings. The van der Waals surface area contributed by atoms with Crippen molar-refractivity contribution in [2.75, 3.05) is 26.8 Å². The van der Waals surface area contributed by atoms with E-state index in [-0.39, 0.29) is 5.54 Å². The van der Waals surface area contributed by atoms with Crippen molar-refractivity contribution < 1.29 is 4.74 Å². The molecule has 0 spiro atoms. The maximum atomic E-state index is 5.70. The van der Waals surface area contributed by atoms with Crippen molar-refractivity contribution >= 4 is 0 Å². The highest BCUT2D eigenvalue weighted by Crippen LogP contribution is 2.33. The summed E-state index contributed by atoms with van der Waals surface area (Å²) < 4.78 is 5.15. The van der Waals surface area contributed by atoms with Crippen LogP contribution in [0.4, 0.5) is 0 Å². The van der Waals surface area contributed by atoms with Gasteiger partial charge in [0.15, 0.2) is 0 Å². The Morgan fingerprint density at radius 2 is 2.21 bits per heavy atom. The Morgan fingerprint density at radius 1 is 1.50 bits per heavy atom. The van der Waals surface area contributed by atoms with E-state index in [1.165, 1.54) is 25.7 Å². The van der Waals surface area contributed by atoms with Crippen LogP contribution in [0, 0.1) is 5.92 Å². The van der Waals surface area contributed by atoms with Gasteiger partial charge in [0.05, 0.1) is 12.1 Å². The molecular weight excluding hydrogens is 176 g/mol. The number of nitrogens with two attached hydrogens (primary N) is 1. The molecule has 3 N–H and O–H groups in total. The second-order valence-corrected chi connectivity index (χ2v) is 4.71. The molecule has 1 aliphatic carbocycles. The number of hydrogen-bond donors (Lipinski definition) is 2. The van der Waals surface area contributed by atoms with Crippen LogP contribution in [0.3, 0.4) is 0 Å². The number of nitrogens with one attached hydrogen (secondary N) is 1. The number of ether oxygens (including phenoxy) is 1. The van der Waals surface area contributed by atoms with Crippen LogP contribution in [0.25, 0.3) is 0 Å². The van der Waals surface area contributed by atoms with Crippen LogP contribution in [0.1, 0.15) is 32.6 Å². The summed E-state index contributed by atoms with van der Waals surface area (Å²) in [7, 11) is 1.72. The molecule has 14 heavy (non-hydrogen) atoms. The van der Waals surface area contributed by atoms with Crippen LogP contribution in [-0.4, -0.2) is 32.3 Å². The SMILES string of the molecule is COCC(C)(CN)NCCCC1CC1. The molecule has 0 heterocycles. The van der Waals surface area contributed by atoms with E-state index in [4.69, 9.17) is 10.5 Å². The van der Waals surface area contributed by atoms with E-state index >= 15 is 0 Å². The number of methoxy groups -OCH3 is 1. The van der Waals surface area contributed by atoms with Crippen LogP contribution < -0.4 is 11.1 Å². The summed E-state index contributed by atoms with van der Waals surface area (Å²) in [4.78, 5) is 0.